The van der Waals surface area contributed by atoms with E-state index in [9.17, 15) is 14.4 Å². The minimum absolute atomic E-state index is 0.0182. The highest BCUT2D eigenvalue weighted by Crippen LogP contribution is 2.24. The molecule has 0 saturated carbocycles. The minimum Gasteiger partial charge on any atom is -0.316 e. The maximum Gasteiger partial charge on any atom is 0.329 e. The average molecular weight is 386 g/mol. The maximum atomic E-state index is 12.5. The summed E-state index contributed by atoms with van der Waals surface area (Å²) in [5.74, 6) is 0.174. The highest BCUT2D eigenvalue weighted by atomic mass is 32.2. The van der Waals surface area contributed by atoms with Gasteiger partial charge in [0.2, 0.25) is 0 Å². The first-order valence-electron chi connectivity index (χ1n) is 8.52. The second-order valence-corrected chi connectivity index (χ2v) is 8.43. The van der Waals surface area contributed by atoms with Crippen molar-refractivity contribution >= 4 is 28.7 Å². The quantitative estimate of drug-likeness (QED) is 0.549. The molecular weight excluding hydrogens is 364 g/mol. The van der Waals surface area contributed by atoms with Crippen molar-refractivity contribution in [3.63, 3.8) is 0 Å². The van der Waals surface area contributed by atoms with Gasteiger partial charge >= 0.3 is 5.69 Å². The molecule has 27 heavy (non-hydrogen) atoms. The summed E-state index contributed by atoms with van der Waals surface area (Å²) in [5.41, 5.74) is 1.45. The third-order valence-electron chi connectivity index (χ3n) is 4.50. The molecule has 3 rings (SSSR count). The Labute approximate surface area is 160 Å². The number of fused-ring (bicyclic) bond motifs is 1. The number of benzene rings is 1. The maximum absolute atomic E-state index is 12.5. The van der Waals surface area contributed by atoms with Crippen molar-refractivity contribution in [3.05, 3.63) is 56.2 Å². The molecule has 0 fully saturated rings. The summed E-state index contributed by atoms with van der Waals surface area (Å²) in [5, 5.41) is 0.511. The molecule has 2 aromatic heterocycles. The molecule has 0 aliphatic rings. The van der Waals surface area contributed by atoms with Crippen LogP contribution in [0.15, 0.2) is 39.0 Å². The highest BCUT2D eigenvalue weighted by Gasteiger charge is 2.17. The first kappa shape index (κ1) is 19.2. The van der Waals surface area contributed by atoms with Crippen LogP contribution in [0.2, 0.25) is 0 Å². The van der Waals surface area contributed by atoms with Crippen molar-refractivity contribution in [2.24, 2.45) is 14.1 Å². The predicted octanol–water partition coefficient (Wildman–Crippen LogP) is 2.23. The number of hydrogen-bond donors (Lipinski definition) is 1. The number of aromatic nitrogens is 4. The molecule has 1 N–H and O–H groups in total. The largest absolute Gasteiger partial charge is 0.329 e. The number of nitrogens with one attached hydrogen (secondary N) is 1. The first-order valence-corrected chi connectivity index (χ1v) is 9.50. The van der Waals surface area contributed by atoms with Gasteiger partial charge in [-0.2, -0.15) is 0 Å². The van der Waals surface area contributed by atoms with Crippen molar-refractivity contribution in [1.29, 1.82) is 0 Å². The van der Waals surface area contributed by atoms with Crippen LogP contribution in [0, 0.1) is 0 Å². The third kappa shape index (κ3) is 3.62. The smallest absolute Gasteiger partial charge is 0.316 e. The topological polar surface area (TPSA) is 89.8 Å². The molecule has 0 spiro atoms. The molecule has 0 bridgehead atoms. The predicted molar refractivity (Wildman–Crippen MR) is 107 cm³/mol. The van der Waals surface area contributed by atoms with Gasteiger partial charge in [0.15, 0.2) is 22.1 Å². The van der Waals surface area contributed by atoms with Crippen molar-refractivity contribution in [2.75, 3.05) is 5.75 Å². The summed E-state index contributed by atoms with van der Waals surface area (Å²) in [7, 11) is 3.24. The molecule has 0 aliphatic carbocycles. The number of carbonyl (C=O) groups is 1. The Balaban J connectivity index is 1.83. The molecule has 1 aromatic carbocycles. The summed E-state index contributed by atoms with van der Waals surface area (Å²) in [4.78, 5) is 42.9. The Bertz CT molecular complexity index is 1130. The van der Waals surface area contributed by atoms with E-state index in [1.54, 1.807) is 18.7 Å². The van der Waals surface area contributed by atoms with Gasteiger partial charge < -0.3 is 4.57 Å². The molecule has 0 atom stereocenters. The molecule has 2 heterocycles. The lowest BCUT2D eigenvalue weighted by molar-refractivity contribution is 0.102. The normalized spacial score (nSPS) is 11.9. The van der Waals surface area contributed by atoms with Crippen LogP contribution in [0.3, 0.4) is 0 Å². The van der Waals surface area contributed by atoms with Crippen LogP contribution in [-0.4, -0.2) is 30.6 Å². The molecule has 0 unspecified atom stereocenters. The third-order valence-corrected chi connectivity index (χ3v) is 5.53. The molecule has 7 nitrogen and oxygen atoms in total. The Kier molecular flexibility index (Phi) is 4.86. The van der Waals surface area contributed by atoms with Gasteiger partial charge in [-0.15, -0.1) is 0 Å². The number of H-pyrrole nitrogens is 1. The van der Waals surface area contributed by atoms with E-state index in [1.165, 1.54) is 21.9 Å². The number of nitrogens with zero attached hydrogens (tertiary/aromatic N) is 3. The zero-order chi connectivity index (χ0) is 19.9. The lowest BCUT2D eigenvalue weighted by Gasteiger charge is -2.18. The second kappa shape index (κ2) is 6.84. The van der Waals surface area contributed by atoms with Crippen molar-refractivity contribution in [2.45, 2.75) is 31.3 Å². The van der Waals surface area contributed by atoms with E-state index in [0.29, 0.717) is 21.9 Å². The van der Waals surface area contributed by atoms with Crippen LogP contribution in [0.25, 0.3) is 11.2 Å². The van der Waals surface area contributed by atoms with Gasteiger partial charge in [0.1, 0.15) is 0 Å². The van der Waals surface area contributed by atoms with E-state index >= 15 is 0 Å². The Morgan fingerprint density at radius 1 is 1.11 bits per heavy atom. The van der Waals surface area contributed by atoms with Crippen LogP contribution in [-0.2, 0) is 19.5 Å². The van der Waals surface area contributed by atoms with E-state index in [1.807, 2.05) is 24.3 Å². The zero-order valence-corrected chi connectivity index (χ0v) is 16.8. The zero-order valence-electron chi connectivity index (χ0n) is 16.0. The number of thioether (sulfide) groups is 1. The number of Topliss-reactive ketones (excluding diaryl/α,β-unsaturated/α-hetero) is 1. The lowest BCUT2D eigenvalue weighted by Crippen LogP contribution is -2.29. The number of aryl methyl sites for hydroxylation is 2. The number of rotatable bonds is 4. The number of ketones is 1. The number of hydrogen-bond acceptors (Lipinski definition) is 5. The molecule has 0 radical (unpaired) electrons. The molecule has 8 heteroatoms. The highest BCUT2D eigenvalue weighted by molar-refractivity contribution is 7.99. The molecule has 0 aliphatic heterocycles. The Hall–Kier alpha value is -2.61. The van der Waals surface area contributed by atoms with Crippen LogP contribution in [0.1, 0.15) is 36.7 Å². The van der Waals surface area contributed by atoms with Crippen molar-refractivity contribution in [1.82, 2.24) is 19.1 Å². The number of carbonyl (C=O) groups excluding carboxylic acids is 1. The first-order chi connectivity index (χ1) is 12.6. The number of aromatic amines is 1. The van der Waals surface area contributed by atoms with E-state index in [2.05, 4.69) is 30.7 Å². The summed E-state index contributed by atoms with van der Waals surface area (Å²) < 4.78 is 2.89. The lowest BCUT2D eigenvalue weighted by atomic mass is 9.86. The fraction of sp³-hybridized carbons (Fsp3) is 0.368. The summed E-state index contributed by atoms with van der Waals surface area (Å²) in [6.07, 6.45) is 0. The van der Waals surface area contributed by atoms with E-state index in [-0.39, 0.29) is 17.0 Å². The van der Waals surface area contributed by atoms with Gasteiger partial charge in [-0.25, -0.2) is 9.78 Å². The molecule has 0 saturated heterocycles. The van der Waals surface area contributed by atoms with Crippen LogP contribution < -0.4 is 11.2 Å². The summed E-state index contributed by atoms with van der Waals surface area (Å²) in [6, 6.07) is 7.63. The fourth-order valence-corrected chi connectivity index (χ4v) is 3.65. The van der Waals surface area contributed by atoms with Crippen LogP contribution >= 0.6 is 11.8 Å². The van der Waals surface area contributed by atoms with Crippen LogP contribution in [0.5, 0.6) is 0 Å². The van der Waals surface area contributed by atoms with Crippen LogP contribution in [0.4, 0.5) is 0 Å². The van der Waals surface area contributed by atoms with Gasteiger partial charge in [0.25, 0.3) is 5.56 Å². The molecule has 0 amide bonds. The summed E-state index contributed by atoms with van der Waals surface area (Å²) in [6.45, 7) is 6.38. The van der Waals surface area contributed by atoms with Gasteiger partial charge in [-0.3, -0.25) is 19.1 Å². The Morgan fingerprint density at radius 3 is 2.33 bits per heavy atom. The van der Waals surface area contributed by atoms with Gasteiger partial charge in [-0.05, 0) is 11.0 Å². The fourth-order valence-electron chi connectivity index (χ4n) is 2.79. The monoisotopic (exact) mass is 386 g/mol. The standard InChI is InChI=1S/C19H22N4O3S/c1-19(2,3)12-8-6-11(7-9-12)13(24)10-27-18-20-15-14(22(18)4)16(25)21-17(26)23(15)5/h6-9H,10H2,1-5H3,(H,21,25,26). The average Bonchev–Trinajstić information content (AvgIpc) is 2.94. The van der Waals surface area contributed by atoms with Gasteiger partial charge in [0, 0.05) is 19.7 Å². The van der Waals surface area contributed by atoms with Gasteiger partial charge in [-0.1, -0.05) is 56.8 Å². The number of imidazole rings is 1. The van der Waals surface area contributed by atoms with Gasteiger partial charge in [0.05, 0.1) is 5.75 Å². The molecule has 3 aromatic rings. The second-order valence-electron chi connectivity index (χ2n) is 7.48. The van der Waals surface area contributed by atoms with Crippen molar-refractivity contribution in [3.8, 4) is 0 Å². The SMILES string of the molecule is Cn1c(SCC(=O)c2ccc(C(C)(C)C)cc2)nc2c1c(=O)[nH]c(=O)n2C. The van der Waals surface area contributed by atoms with E-state index < -0.39 is 11.2 Å². The van der Waals surface area contributed by atoms with E-state index in [4.69, 9.17) is 0 Å². The molecule has 142 valence electrons. The molecular formula is C19H22N4O3S. The summed E-state index contributed by atoms with van der Waals surface area (Å²) >= 11 is 1.24. The Morgan fingerprint density at radius 2 is 1.74 bits per heavy atom. The minimum atomic E-state index is -0.517. The van der Waals surface area contributed by atoms with E-state index in [0.717, 1.165) is 0 Å². The van der Waals surface area contributed by atoms with Crippen molar-refractivity contribution < 1.29 is 4.79 Å².